The predicted octanol–water partition coefficient (Wildman–Crippen LogP) is 5.94. The minimum absolute atomic E-state index is 0.0470. The molecule has 0 saturated heterocycles. The van der Waals surface area contributed by atoms with Crippen LogP contribution in [0.1, 0.15) is 5.56 Å². The molecule has 3 aromatic rings. The van der Waals surface area contributed by atoms with Crippen LogP contribution in [0.5, 0.6) is 5.06 Å². The van der Waals surface area contributed by atoms with Gasteiger partial charge < -0.3 is 9.84 Å². The van der Waals surface area contributed by atoms with Crippen molar-refractivity contribution in [3.05, 3.63) is 64.7 Å². The maximum absolute atomic E-state index is 13.8. The molecule has 0 atom stereocenters. The molecule has 1 aromatic heterocycles. The van der Waals surface area contributed by atoms with Crippen LogP contribution < -0.4 is 4.74 Å². The van der Waals surface area contributed by atoms with Crippen molar-refractivity contribution in [3.8, 4) is 32.7 Å². The van der Waals surface area contributed by atoms with E-state index in [1.54, 1.807) is 0 Å². The molecular formula is C18H8ClF2NO3S. The molecule has 26 heavy (non-hydrogen) atoms. The zero-order chi connectivity index (χ0) is 18.8. The molecule has 0 bridgehead atoms. The SMILES string of the molecule is N#Cc1cc(F)cc(-c2sc(OC(=O)O)cc2-c2ccc(F)c(Cl)c2)c1. The maximum atomic E-state index is 13.8. The molecule has 2 aromatic carbocycles. The van der Waals surface area contributed by atoms with Crippen LogP contribution in [-0.4, -0.2) is 11.3 Å². The van der Waals surface area contributed by atoms with Crippen molar-refractivity contribution in [1.82, 2.24) is 0 Å². The Kier molecular flexibility index (Phi) is 4.89. The summed E-state index contributed by atoms with van der Waals surface area (Å²) < 4.78 is 32.0. The lowest BCUT2D eigenvalue weighted by atomic mass is 10.0. The lowest BCUT2D eigenvalue weighted by molar-refractivity contribution is 0.146. The summed E-state index contributed by atoms with van der Waals surface area (Å²) in [4.78, 5) is 11.3. The van der Waals surface area contributed by atoms with Crippen molar-refractivity contribution >= 4 is 29.1 Å². The summed E-state index contributed by atoms with van der Waals surface area (Å²) in [7, 11) is 0. The zero-order valence-corrected chi connectivity index (χ0v) is 14.4. The van der Waals surface area contributed by atoms with Crippen LogP contribution in [-0.2, 0) is 0 Å². The van der Waals surface area contributed by atoms with Crippen LogP contribution in [0.4, 0.5) is 13.6 Å². The quantitative estimate of drug-likeness (QED) is 0.561. The Hall–Kier alpha value is -2.95. The summed E-state index contributed by atoms with van der Waals surface area (Å²) in [5, 5.41) is 17.8. The highest BCUT2D eigenvalue weighted by molar-refractivity contribution is 7.18. The Labute approximate surface area is 155 Å². The van der Waals surface area contributed by atoms with Crippen molar-refractivity contribution in [3.63, 3.8) is 0 Å². The average molecular weight is 392 g/mol. The van der Waals surface area contributed by atoms with E-state index in [2.05, 4.69) is 4.74 Å². The number of carbonyl (C=O) groups is 1. The van der Waals surface area contributed by atoms with Crippen molar-refractivity contribution in [1.29, 1.82) is 5.26 Å². The minimum Gasteiger partial charge on any atom is -0.449 e. The van der Waals surface area contributed by atoms with Gasteiger partial charge >= 0.3 is 6.16 Å². The fourth-order valence-corrected chi connectivity index (χ4v) is 3.58. The molecule has 0 fully saturated rings. The van der Waals surface area contributed by atoms with E-state index in [9.17, 15) is 13.6 Å². The van der Waals surface area contributed by atoms with Crippen LogP contribution in [0.25, 0.3) is 21.6 Å². The number of benzene rings is 2. The molecule has 0 aliphatic heterocycles. The van der Waals surface area contributed by atoms with Crippen LogP contribution >= 0.6 is 22.9 Å². The molecule has 0 aliphatic carbocycles. The highest BCUT2D eigenvalue weighted by Gasteiger charge is 2.18. The maximum Gasteiger partial charge on any atom is 0.512 e. The third-order valence-electron chi connectivity index (χ3n) is 3.42. The van der Waals surface area contributed by atoms with Crippen LogP contribution in [0.2, 0.25) is 5.02 Å². The largest absolute Gasteiger partial charge is 0.512 e. The number of nitriles is 1. The second kappa shape index (κ2) is 7.12. The normalized spacial score (nSPS) is 10.4. The predicted molar refractivity (Wildman–Crippen MR) is 93.5 cm³/mol. The lowest BCUT2D eigenvalue weighted by Crippen LogP contribution is -2.00. The number of halogens is 3. The smallest absolute Gasteiger partial charge is 0.449 e. The minimum atomic E-state index is -1.50. The number of rotatable bonds is 3. The first-order valence-electron chi connectivity index (χ1n) is 7.08. The summed E-state index contributed by atoms with van der Waals surface area (Å²) in [5.74, 6) is -1.22. The standard InChI is InChI=1S/C18H8ClF2NO3S/c19-14-6-10(1-2-15(14)21)13-7-16(25-18(23)24)26-17(13)11-3-9(8-22)4-12(20)5-11/h1-7H,(H,23,24). The molecule has 0 radical (unpaired) electrons. The average Bonchev–Trinajstić information content (AvgIpc) is 2.99. The monoisotopic (exact) mass is 391 g/mol. The Bertz CT molecular complexity index is 1060. The van der Waals surface area contributed by atoms with Crippen LogP contribution in [0, 0.1) is 23.0 Å². The van der Waals surface area contributed by atoms with Gasteiger partial charge in [0.05, 0.1) is 16.7 Å². The Morgan fingerprint density at radius 2 is 1.92 bits per heavy atom. The summed E-state index contributed by atoms with van der Waals surface area (Å²) in [6, 6.07) is 11.1. The third-order valence-corrected chi connectivity index (χ3v) is 4.77. The van der Waals surface area contributed by atoms with E-state index in [1.165, 1.54) is 36.4 Å². The molecular weight excluding hydrogens is 384 g/mol. The number of carboxylic acid groups (broad SMARTS) is 1. The Morgan fingerprint density at radius 3 is 2.58 bits per heavy atom. The van der Waals surface area contributed by atoms with Gasteiger partial charge in [-0.2, -0.15) is 5.26 Å². The van der Waals surface area contributed by atoms with E-state index in [0.29, 0.717) is 21.6 Å². The first kappa shape index (κ1) is 17.9. The summed E-state index contributed by atoms with van der Waals surface area (Å²) in [5.41, 5.74) is 1.44. The fraction of sp³-hybridized carbons (Fsp3) is 0. The molecule has 0 aliphatic rings. The first-order chi connectivity index (χ1) is 12.4. The van der Waals surface area contributed by atoms with Crippen molar-refractivity contribution < 1.29 is 23.4 Å². The summed E-state index contributed by atoms with van der Waals surface area (Å²) >= 11 is 6.78. The highest BCUT2D eigenvalue weighted by atomic mass is 35.5. The second-order valence-electron chi connectivity index (χ2n) is 5.15. The van der Waals surface area contributed by atoms with Gasteiger partial charge in [0.15, 0.2) is 5.06 Å². The Morgan fingerprint density at radius 1 is 1.15 bits per heavy atom. The van der Waals surface area contributed by atoms with E-state index in [-0.39, 0.29) is 15.6 Å². The second-order valence-corrected chi connectivity index (χ2v) is 6.57. The molecule has 0 unspecified atom stereocenters. The summed E-state index contributed by atoms with van der Waals surface area (Å²) in [6.45, 7) is 0. The van der Waals surface area contributed by atoms with Crippen LogP contribution in [0.15, 0.2) is 42.5 Å². The van der Waals surface area contributed by atoms with Gasteiger partial charge in [-0.05, 0) is 41.5 Å². The third kappa shape index (κ3) is 3.67. The van der Waals surface area contributed by atoms with Gasteiger partial charge in [-0.15, -0.1) is 0 Å². The zero-order valence-electron chi connectivity index (χ0n) is 12.8. The topological polar surface area (TPSA) is 70.3 Å². The van der Waals surface area contributed by atoms with Gasteiger partial charge in [0.2, 0.25) is 0 Å². The molecule has 0 saturated carbocycles. The molecule has 8 heteroatoms. The molecule has 0 spiro atoms. The van der Waals surface area contributed by atoms with Gasteiger partial charge in [0.25, 0.3) is 0 Å². The fourth-order valence-electron chi connectivity index (χ4n) is 2.38. The van der Waals surface area contributed by atoms with Crippen molar-refractivity contribution in [2.45, 2.75) is 0 Å². The van der Waals surface area contributed by atoms with E-state index >= 15 is 0 Å². The number of thiophene rings is 1. The van der Waals surface area contributed by atoms with Gasteiger partial charge in [0.1, 0.15) is 11.6 Å². The molecule has 130 valence electrons. The van der Waals surface area contributed by atoms with E-state index in [4.69, 9.17) is 22.0 Å². The van der Waals surface area contributed by atoms with Crippen molar-refractivity contribution in [2.75, 3.05) is 0 Å². The first-order valence-corrected chi connectivity index (χ1v) is 8.28. The lowest BCUT2D eigenvalue weighted by Gasteiger charge is -2.06. The molecule has 1 N–H and O–H groups in total. The van der Waals surface area contributed by atoms with E-state index in [0.717, 1.165) is 17.4 Å². The van der Waals surface area contributed by atoms with Gasteiger partial charge in [0, 0.05) is 16.5 Å². The van der Waals surface area contributed by atoms with Gasteiger partial charge in [-0.3, -0.25) is 0 Å². The van der Waals surface area contributed by atoms with E-state index < -0.39 is 17.8 Å². The number of hydrogen-bond acceptors (Lipinski definition) is 4. The van der Waals surface area contributed by atoms with Gasteiger partial charge in [-0.1, -0.05) is 29.0 Å². The highest BCUT2D eigenvalue weighted by Crippen LogP contribution is 2.44. The number of ether oxygens (including phenoxy) is 1. The molecule has 3 rings (SSSR count). The van der Waals surface area contributed by atoms with E-state index in [1.807, 2.05) is 6.07 Å². The molecule has 4 nitrogen and oxygen atoms in total. The summed E-state index contributed by atoms with van der Waals surface area (Å²) in [6.07, 6.45) is -1.50. The molecule has 1 heterocycles. The van der Waals surface area contributed by atoms with Crippen molar-refractivity contribution in [2.24, 2.45) is 0 Å². The van der Waals surface area contributed by atoms with Gasteiger partial charge in [-0.25, -0.2) is 13.6 Å². The number of nitrogens with zero attached hydrogens (tertiary/aromatic N) is 1. The number of hydrogen-bond donors (Lipinski definition) is 1. The molecule has 0 amide bonds. The Balaban J connectivity index is 2.21. The van der Waals surface area contributed by atoms with Crippen LogP contribution in [0.3, 0.4) is 0 Å².